The maximum Gasteiger partial charge on any atom is 0.261 e. The molecule has 1 aliphatic carbocycles. The molecule has 2 aliphatic rings. The zero-order chi connectivity index (χ0) is 16.7. The van der Waals surface area contributed by atoms with Gasteiger partial charge in [0.05, 0.1) is 10.6 Å². The van der Waals surface area contributed by atoms with Crippen LogP contribution < -0.4 is 10.1 Å². The third-order valence-corrected chi connectivity index (χ3v) is 5.67. The van der Waals surface area contributed by atoms with Crippen molar-refractivity contribution >= 4 is 27.3 Å². The molecule has 1 unspecified atom stereocenters. The number of nitrogens with one attached hydrogen (secondary N) is 2. The van der Waals surface area contributed by atoms with Crippen molar-refractivity contribution in [3.63, 3.8) is 0 Å². The van der Waals surface area contributed by atoms with Crippen LogP contribution >= 0.6 is 0 Å². The van der Waals surface area contributed by atoms with Crippen LogP contribution in [0, 0.1) is 5.92 Å². The number of hydrogen-bond donors (Lipinski definition) is 2. The monoisotopic (exact) mass is 341 g/mol. The van der Waals surface area contributed by atoms with E-state index in [4.69, 9.17) is 0 Å². The number of sulfonamides is 1. The molecule has 0 saturated heterocycles. The Morgan fingerprint density at radius 1 is 1.08 bits per heavy atom. The van der Waals surface area contributed by atoms with Crippen LogP contribution in [0.5, 0.6) is 0 Å². The molecule has 0 aromatic heterocycles. The smallest absolute Gasteiger partial charge is 0.261 e. The largest absolute Gasteiger partial charge is 0.280 e. The summed E-state index contributed by atoms with van der Waals surface area (Å²) in [7, 11) is -3.61. The van der Waals surface area contributed by atoms with Crippen molar-refractivity contribution in [2.45, 2.75) is 17.7 Å². The second-order valence-corrected chi connectivity index (χ2v) is 7.61. The molecule has 2 aromatic carbocycles. The summed E-state index contributed by atoms with van der Waals surface area (Å²) in [6.45, 7) is 0. The quantitative estimate of drug-likeness (QED) is 0.893. The van der Waals surface area contributed by atoms with Gasteiger partial charge in [-0.3, -0.25) is 9.52 Å². The number of amides is 1. The zero-order valence-corrected chi connectivity index (χ0v) is 13.5. The minimum Gasteiger partial charge on any atom is -0.280 e. The van der Waals surface area contributed by atoms with E-state index < -0.39 is 10.0 Å². The van der Waals surface area contributed by atoms with Gasteiger partial charge in [0.2, 0.25) is 5.91 Å². The number of fused-ring (bicyclic) bond motifs is 3. The lowest BCUT2D eigenvalue weighted by molar-refractivity contribution is -0.121. The van der Waals surface area contributed by atoms with Gasteiger partial charge < -0.3 is 0 Å². The lowest BCUT2D eigenvalue weighted by atomic mass is 9.99. The number of rotatable bonds is 3. The first kappa shape index (κ1) is 14.9. The van der Waals surface area contributed by atoms with Crippen LogP contribution in [-0.2, 0) is 21.2 Å². The molecule has 0 bridgehead atoms. The van der Waals surface area contributed by atoms with Gasteiger partial charge in [0, 0.05) is 23.6 Å². The molecule has 1 aliphatic heterocycles. The fourth-order valence-corrected chi connectivity index (χ4v) is 4.25. The molecule has 0 radical (unpaired) electrons. The van der Waals surface area contributed by atoms with Gasteiger partial charge in [-0.25, -0.2) is 13.8 Å². The van der Waals surface area contributed by atoms with Crippen LogP contribution in [0.15, 0.2) is 58.5 Å². The molecule has 4 rings (SSSR count). The molecular weight excluding hydrogens is 326 g/mol. The second-order valence-electron chi connectivity index (χ2n) is 5.93. The summed E-state index contributed by atoms with van der Waals surface area (Å²) in [4.78, 5) is 11.7. The van der Waals surface area contributed by atoms with E-state index in [1.54, 1.807) is 36.4 Å². The molecule has 6 nitrogen and oxygen atoms in total. The third-order valence-electron chi connectivity index (χ3n) is 4.27. The van der Waals surface area contributed by atoms with E-state index in [2.05, 4.69) is 15.2 Å². The highest BCUT2D eigenvalue weighted by atomic mass is 32.2. The van der Waals surface area contributed by atoms with Crippen molar-refractivity contribution in [1.82, 2.24) is 5.43 Å². The molecule has 122 valence electrons. The summed E-state index contributed by atoms with van der Waals surface area (Å²) in [5.41, 5.74) is 5.87. The van der Waals surface area contributed by atoms with Crippen molar-refractivity contribution in [1.29, 1.82) is 0 Å². The minimum absolute atomic E-state index is 0.0785. The summed E-state index contributed by atoms with van der Waals surface area (Å²) < 4.78 is 27.4. The fraction of sp³-hybridized carbons (Fsp3) is 0.176. The Morgan fingerprint density at radius 2 is 1.88 bits per heavy atom. The minimum atomic E-state index is -3.61. The molecule has 24 heavy (non-hydrogen) atoms. The van der Waals surface area contributed by atoms with Crippen molar-refractivity contribution in [3.8, 4) is 0 Å². The molecule has 1 amide bonds. The number of hydrogen-bond acceptors (Lipinski definition) is 4. The summed E-state index contributed by atoms with van der Waals surface area (Å²) in [5.74, 6) is -0.00343. The van der Waals surface area contributed by atoms with E-state index in [0.717, 1.165) is 16.8 Å². The van der Waals surface area contributed by atoms with Gasteiger partial charge in [-0.05, 0) is 36.2 Å². The summed E-state index contributed by atoms with van der Waals surface area (Å²) in [6, 6.07) is 13.6. The predicted octanol–water partition coefficient (Wildman–Crippen LogP) is 1.88. The van der Waals surface area contributed by atoms with Gasteiger partial charge in [-0.1, -0.05) is 24.3 Å². The maximum absolute atomic E-state index is 12.4. The standard InChI is InChI=1S/C17H15N3O3S/c21-16-10-12-8-11-9-13(6-7-15(11)17(12)19-18-16)20-24(22,23)14-4-2-1-3-5-14/h1-7,9,12,20H,8,10H2,(H,18,21). The Hall–Kier alpha value is -2.67. The molecule has 7 heteroatoms. The molecular formula is C17H15N3O3S. The number of carbonyl (C=O) groups excluding carboxylic acids is 1. The van der Waals surface area contributed by atoms with E-state index in [-0.39, 0.29) is 16.7 Å². The van der Waals surface area contributed by atoms with Crippen LogP contribution in [0.2, 0.25) is 0 Å². The molecule has 2 N–H and O–H groups in total. The van der Waals surface area contributed by atoms with E-state index in [9.17, 15) is 13.2 Å². The summed E-state index contributed by atoms with van der Waals surface area (Å²) in [6.07, 6.45) is 1.11. The molecule has 0 fully saturated rings. The first-order valence-corrected chi connectivity index (χ1v) is 9.09. The van der Waals surface area contributed by atoms with Gasteiger partial charge >= 0.3 is 0 Å². The highest BCUT2D eigenvalue weighted by molar-refractivity contribution is 7.92. The van der Waals surface area contributed by atoms with Crippen molar-refractivity contribution in [3.05, 3.63) is 59.7 Å². The molecule has 0 spiro atoms. The van der Waals surface area contributed by atoms with Crippen molar-refractivity contribution in [2.75, 3.05) is 4.72 Å². The molecule has 0 saturated carbocycles. The Labute approximate surface area is 139 Å². The van der Waals surface area contributed by atoms with E-state index in [1.807, 2.05) is 12.1 Å². The van der Waals surface area contributed by atoms with Gasteiger partial charge in [-0.15, -0.1) is 0 Å². The molecule has 2 aromatic rings. The lowest BCUT2D eigenvalue weighted by Gasteiger charge is -2.15. The van der Waals surface area contributed by atoms with Crippen LogP contribution in [0.1, 0.15) is 17.5 Å². The Balaban J connectivity index is 1.63. The maximum atomic E-state index is 12.4. The third kappa shape index (κ3) is 2.56. The average Bonchev–Trinajstić information content (AvgIpc) is 2.91. The first-order valence-electron chi connectivity index (χ1n) is 7.60. The van der Waals surface area contributed by atoms with Crippen molar-refractivity contribution in [2.24, 2.45) is 11.0 Å². The first-order chi connectivity index (χ1) is 11.5. The average molecular weight is 341 g/mol. The van der Waals surface area contributed by atoms with Gasteiger partial charge in [0.1, 0.15) is 0 Å². The van der Waals surface area contributed by atoms with Crippen molar-refractivity contribution < 1.29 is 13.2 Å². The number of nitrogens with zero attached hydrogens (tertiary/aromatic N) is 1. The number of carbonyl (C=O) groups is 1. The predicted molar refractivity (Wildman–Crippen MR) is 90.2 cm³/mol. The fourth-order valence-electron chi connectivity index (χ4n) is 3.18. The van der Waals surface area contributed by atoms with Crippen LogP contribution in [-0.4, -0.2) is 20.0 Å². The normalized spacial score (nSPS) is 19.1. The number of benzene rings is 2. The summed E-state index contributed by atoms with van der Waals surface area (Å²) >= 11 is 0. The van der Waals surface area contributed by atoms with Crippen LogP contribution in [0.25, 0.3) is 0 Å². The van der Waals surface area contributed by atoms with Crippen LogP contribution in [0.3, 0.4) is 0 Å². The number of hydrazone groups is 1. The SMILES string of the molecule is O=C1CC2Cc3cc(NS(=O)(=O)c4ccccc4)ccc3C2=NN1. The summed E-state index contributed by atoms with van der Waals surface area (Å²) in [5, 5.41) is 4.14. The topological polar surface area (TPSA) is 87.6 Å². The second kappa shape index (κ2) is 5.45. The lowest BCUT2D eigenvalue weighted by Crippen LogP contribution is -2.31. The highest BCUT2D eigenvalue weighted by Gasteiger charge is 2.33. The van der Waals surface area contributed by atoms with Crippen LogP contribution in [0.4, 0.5) is 5.69 Å². The van der Waals surface area contributed by atoms with Gasteiger partial charge in [-0.2, -0.15) is 5.10 Å². The highest BCUT2D eigenvalue weighted by Crippen LogP contribution is 2.33. The van der Waals surface area contributed by atoms with E-state index in [1.165, 1.54) is 0 Å². The molecule has 1 atom stereocenters. The van der Waals surface area contributed by atoms with Gasteiger partial charge in [0.25, 0.3) is 10.0 Å². The Bertz CT molecular complexity index is 952. The van der Waals surface area contributed by atoms with E-state index in [0.29, 0.717) is 18.5 Å². The van der Waals surface area contributed by atoms with Gasteiger partial charge in [0.15, 0.2) is 0 Å². The zero-order valence-electron chi connectivity index (χ0n) is 12.7. The Kier molecular flexibility index (Phi) is 3.38. The van der Waals surface area contributed by atoms with E-state index >= 15 is 0 Å². The molecule has 1 heterocycles. The number of anilines is 1. The Morgan fingerprint density at radius 3 is 2.67 bits per heavy atom.